The molecule has 27 heavy (non-hydrogen) atoms. The van der Waals surface area contributed by atoms with Gasteiger partial charge in [0, 0.05) is 0 Å². The van der Waals surface area contributed by atoms with Crippen LogP contribution < -0.4 is 11.1 Å². The summed E-state index contributed by atoms with van der Waals surface area (Å²) >= 11 is 0.786. The zero-order valence-corrected chi connectivity index (χ0v) is 16.6. The van der Waals surface area contributed by atoms with E-state index >= 15 is 0 Å². The minimum atomic E-state index is -5.81. The average Bonchev–Trinajstić information content (AvgIpc) is 2.55. The number of halogens is 7. The molecule has 0 heterocycles. The maximum atomic E-state index is 14.3. The standard InChI is InChI=1S/C17H13F7N2.W/c1-15(19,20)16(21,17(22,23)24)11-5-7-12(8-6-11)26-9-10-3-2-4-13(25)14(10)18;/h2-8,26H,25H2,1H3;. The minimum absolute atomic E-state index is 0.0824. The fraction of sp³-hybridized carbons (Fsp3) is 0.235. The van der Waals surface area contributed by atoms with Crippen LogP contribution in [0.5, 0.6) is 0 Å². The Bertz CT molecular complexity index is 828. The number of hydrogen-bond acceptors (Lipinski definition) is 2. The van der Waals surface area contributed by atoms with Gasteiger partial charge in [0.25, 0.3) is 0 Å². The van der Waals surface area contributed by atoms with E-state index in [9.17, 15) is 30.7 Å². The third-order valence-electron chi connectivity index (χ3n) is 3.81. The normalized spacial score (nSPS) is 14.5. The van der Waals surface area contributed by atoms with Crippen LogP contribution in [0.4, 0.5) is 42.1 Å². The molecule has 0 spiro atoms. The van der Waals surface area contributed by atoms with Crippen molar-refractivity contribution < 1.29 is 50.1 Å². The Morgan fingerprint density at radius 1 is 0.963 bits per heavy atom. The molecule has 0 amide bonds. The fourth-order valence-electron chi connectivity index (χ4n) is 2.37. The van der Waals surface area contributed by atoms with Crippen molar-refractivity contribution in [2.75, 3.05) is 11.1 Å². The van der Waals surface area contributed by atoms with Crippen molar-refractivity contribution in [1.29, 1.82) is 0 Å². The Morgan fingerprint density at radius 3 is 2.00 bits per heavy atom. The van der Waals surface area contributed by atoms with Crippen molar-refractivity contribution >= 4 is 15.4 Å². The summed E-state index contributed by atoms with van der Waals surface area (Å²) in [5, 5.41) is 2.75. The van der Waals surface area contributed by atoms with Gasteiger partial charge in [-0.05, 0) is 0 Å². The summed E-state index contributed by atoms with van der Waals surface area (Å²) in [6.07, 6.45) is -5.81. The summed E-state index contributed by atoms with van der Waals surface area (Å²) in [6, 6.07) is 7.58. The summed E-state index contributed by atoms with van der Waals surface area (Å²) in [5.41, 5.74) is -0.335. The van der Waals surface area contributed by atoms with Gasteiger partial charge in [0.15, 0.2) is 0 Å². The number of nitrogens with two attached hydrogens (primary N) is 1. The van der Waals surface area contributed by atoms with Crippen molar-refractivity contribution in [2.45, 2.75) is 24.7 Å². The first-order valence-corrected chi connectivity index (χ1v) is 8.85. The molecule has 0 radical (unpaired) electrons. The molecule has 0 saturated carbocycles. The quantitative estimate of drug-likeness (QED) is 0.401. The van der Waals surface area contributed by atoms with Gasteiger partial charge in [-0.1, -0.05) is 0 Å². The Kier molecular flexibility index (Phi) is 5.76. The molecular weight excluding hydrogens is 549 g/mol. The molecule has 2 aromatic carbocycles. The monoisotopic (exact) mass is 562 g/mol. The van der Waals surface area contributed by atoms with Gasteiger partial charge in [0.2, 0.25) is 0 Å². The molecule has 2 nitrogen and oxygen atoms in total. The van der Waals surface area contributed by atoms with Crippen LogP contribution in [0, 0.1) is 5.82 Å². The van der Waals surface area contributed by atoms with E-state index < -0.39 is 29.1 Å². The first-order valence-electron chi connectivity index (χ1n) is 7.38. The average molecular weight is 562 g/mol. The summed E-state index contributed by atoms with van der Waals surface area (Å²) in [5.74, 6) is -5.35. The van der Waals surface area contributed by atoms with Gasteiger partial charge in [0.1, 0.15) is 0 Å². The predicted octanol–water partition coefficient (Wildman–Crippen LogP) is 4.93. The Balaban J connectivity index is 2.32. The van der Waals surface area contributed by atoms with Gasteiger partial charge < -0.3 is 0 Å². The Labute approximate surface area is 161 Å². The van der Waals surface area contributed by atoms with Crippen molar-refractivity contribution in [2.24, 2.45) is 0 Å². The second kappa shape index (κ2) is 7.26. The number of hydrogen-bond donors (Lipinski definition) is 2. The van der Waals surface area contributed by atoms with Crippen molar-refractivity contribution in [3.05, 3.63) is 59.4 Å². The second-order valence-corrected chi connectivity index (χ2v) is 7.25. The number of rotatable bonds is 5. The van der Waals surface area contributed by atoms with E-state index in [1.165, 1.54) is 18.2 Å². The summed E-state index contributed by atoms with van der Waals surface area (Å²) < 4.78 is 94.4. The van der Waals surface area contributed by atoms with E-state index in [4.69, 9.17) is 5.73 Å². The molecule has 2 rings (SSSR count). The summed E-state index contributed by atoms with van der Waals surface area (Å²) in [7, 11) is 0. The van der Waals surface area contributed by atoms with E-state index in [0.29, 0.717) is 16.2 Å². The van der Waals surface area contributed by atoms with E-state index in [2.05, 4.69) is 5.32 Å². The van der Waals surface area contributed by atoms with Crippen LogP contribution in [0.2, 0.25) is 0 Å². The molecule has 0 saturated heterocycles. The van der Waals surface area contributed by atoms with Crippen LogP contribution in [-0.4, -0.2) is 16.1 Å². The van der Waals surface area contributed by atoms with E-state index in [0.717, 1.165) is 31.5 Å². The van der Waals surface area contributed by atoms with Gasteiger partial charge in [-0.2, -0.15) is 0 Å². The van der Waals surface area contributed by atoms with Crippen LogP contribution in [0.15, 0.2) is 42.5 Å². The molecule has 3 N–H and O–H groups in total. The predicted molar refractivity (Wildman–Crippen MR) is 84.4 cm³/mol. The van der Waals surface area contributed by atoms with E-state index in [1.54, 1.807) is 0 Å². The molecule has 0 bridgehead atoms. The molecule has 1 unspecified atom stereocenters. The van der Waals surface area contributed by atoms with Gasteiger partial charge >= 0.3 is 161 Å². The summed E-state index contributed by atoms with van der Waals surface area (Å²) in [4.78, 5) is 0. The van der Waals surface area contributed by atoms with Crippen LogP contribution in [0.3, 0.4) is 0 Å². The zero-order valence-electron chi connectivity index (χ0n) is 13.7. The SMILES string of the molecule is CC(F)(F)C(F)(c1ccc(N[C](=[W])c2cccc(N)c2F)cc1)C(F)(F)F. The fourth-order valence-corrected chi connectivity index (χ4v) is 3.36. The number of alkyl halides is 6. The molecule has 0 aromatic heterocycles. The topological polar surface area (TPSA) is 38.0 Å². The molecule has 0 aliphatic rings. The van der Waals surface area contributed by atoms with Crippen LogP contribution in [-0.2, 0) is 25.0 Å². The van der Waals surface area contributed by atoms with Gasteiger partial charge in [0.05, 0.1) is 0 Å². The maximum absolute atomic E-state index is 14.3. The van der Waals surface area contributed by atoms with Crippen LogP contribution in [0.1, 0.15) is 18.1 Å². The van der Waals surface area contributed by atoms with Gasteiger partial charge in [-0.3, -0.25) is 0 Å². The number of nitrogen functional groups attached to an aromatic ring is 1. The number of nitrogens with one attached hydrogen (secondary N) is 1. The number of benzene rings is 2. The van der Waals surface area contributed by atoms with Crippen molar-refractivity contribution in [3.8, 4) is 0 Å². The molecule has 10 heteroatoms. The molecule has 0 aliphatic heterocycles. The van der Waals surface area contributed by atoms with E-state index in [-0.39, 0.29) is 23.9 Å². The molecule has 1 atom stereocenters. The van der Waals surface area contributed by atoms with Crippen molar-refractivity contribution in [3.63, 3.8) is 0 Å². The second-order valence-electron chi connectivity index (χ2n) is 5.78. The molecule has 0 fully saturated rings. The van der Waals surface area contributed by atoms with Crippen LogP contribution in [0.25, 0.3) is 0 Å². The molecule has 2 aromatic rings. The first kappa shape index (κ1) is 21.4. The molecule has 146 valence electrons. The summed E-state index contributed by atoms with van der Waals surface area (Å²) in [6.45, 7) is -0.128. The number of anilines is 2. The first-order chi connectivity index (χ1) is 12.3. The molecule has 0 aliphatic carbocycles. The van der Waals surface area contributed by atoms with Gasteiger partial charge in [-0.25, -0.2) is 0 Å². The van der Waals surface area contributed by atoms with Crippen LogP contribution >= 0.6 is 0 Å². The Hall–Kier alpha value is -1.89. The van der Waals surface area contributed by atoms with E-state index in [1.807, 2.05) is 0 Å². The van der Waals surface area contributed by atoms with Gasteiger partial charge in [-0.15, -0.1) is 0 Å². The molecular formula is C17H13F7N2W. The van der Waals surface area contributed by atoms with Crippen molar-refractivity contribution in [1.82, 2.24) is 0 Å². The third-order valence-corrected chi connectivity index (χ3v) is 4.97. The zero-order chi connectivity index (χ0) is 20.6. The third kappa shape index (κ3) is 4.02. The Morgan fingerprint density at radius 2 is 1.52 bits per heavy atom.